The van der Waals surface area contributed by atoms with Crippen molar-refractivity contribution < 1.29 is 9.59 Å². The van der Waals surface area contributed by atoms with Crippen LogP contribution in [0.15, 0.2) is 24.5 Å². The quantitative estimate of drug-likeness (QED) is 0.527. The summed E-state index contributed by atoms with van der Waals surface area (Å²) in [4.78, 5) is 29.0. The van der Waals surface area contributed by atoms with Crippen LogP contribution in [0.5, 0.6) is 0 Å². The Morgan fingerprint density at radius 2 is 2.40 bits per heavy atom. The Hall–Kier alpha value is -1.71. The highest BCUT2D eigenvalue weighted by molar-refractivity contribution is 6.10. The van der Waals surface area contributed by atoms with Gasteiger partial charge in [-0.2, -0.15) is 0 Å². The van der Waals surface area contributed by atoms with Gasteiger partial charge in [0.1, 0.15) is 5.92 Å². The number of pyridine rings is 1. The second kappa shape index (κ2) is 3.81. The molecular weight excluding hydrogens is 192 g/mol. The molecule has 1 fully saturated rings. The number of amides is 1. The van der Waals surface area contributed by atoms with Crippen LogP contribution in [0.3, 0.4) is 0 Å². The van der Waals surface area contributed by atoms with Crippen molar-refractivity contribution >= 4 is 11.7 Å². The van der Waals surface area contributed by atoms with E-state index in [0.717, 1.165) is 0 Å². The first-order valence-corrected chi connectivity index (χ1v) is 4.89. The minimum absolute atomic E-state index is 0.0798. The molecule has 1 aliphatic heterocycles. The van der Waals surface area contributed by atoms with Crippen molar-refractivity contribution in [1.82, 2.24) is 9.88 Å². The third-order valence-electron chi connectivity index (χ3n) is 2.69. The Labute approximate surface area is 87.9 Å². The lowest BCUT2D eigenvalue weighted by Gasteiger charge is -2.08. The average molecular weight is 204 g/mol. The van der Waals surface area contributed by atoms with Gasteiger partial charge >= 0.3 is 0 Å². The highest BCUT2D eigenvalue weighted by Crippen LogP contribution is 2.20. The van der Waals surface area contributed by atoms with Crippen molar-refractivity contribution in [2.24, 2.45) is 5.92 Å². The fourth-order valence-corrected chi connectivity index (χ4v) is 1.78. The molecule has 1 aromatic heterocycles. The number of nitrogens with zero attached hydrogens (tertiary/aromatic N) is 2. The first-order valence-electron chi connectivity index (χ1n) is 4.89. The molecule has 2 heterocycles. The third-order valence-corrected chi connectivity index (χ3v) is 2.69. The van der Waals surface area contributed by atoms with Crippen molar-refractivity contribution in [3.05, 3.63) is 30.1 Å². The molecule has 0 spiro atoms. The van der Waals surface area contributed by atoms with E-state index in [9.17, 15) is 9.59 Å². The first-order chi connectivity index (χ1) is 7.20. The number of hydrogen-bond donors (Lipinski definition) is 0. The lowest BCUT2D eigenvalue weighted by Crippen LogP contribution is -2.27. The van der Waals surface area contributed by atoms with Gasteiger partial charge in [0.05, 0.1) is 0 Å². The van der Waals surface area contributed by atoms with Gasteiger partial charge in [-0.1, -0.05) is 0 Å². The zero-order valence-electron chi connectivity index (χ0n) is 8.51. The van der Waals surface area contributed by atoms with E-state index in [2.05, 4.69) is 4.98 Å². The molecule has 0 saturated carbocycles. The van der Waals surface area contributed by atoms with Crippen molar-refractivity contribution in [3.8, 4) is 0 Å². The standard InChI is InChI=1S/C11H12N2O2/c1-13-6-4-9(11(13)15)10(14)8-3-2-5-12-7-8/h2-3,5,7,9H,4,6H2,1H3/t9-/m0/s1. The second-order valence-electron chi connectivity index (χ2n) is 3.71. The molecule has 0 unspecified atom stereocenters. The number of Topliss-reactive ketones (excluding diaryl/α,β-unsaturated/α-hetero) is 1. The third kappa shape index (κ3) is 1.75. The lowest BCUT2D eigenvalue weighted by atomic mass is 9.97. The van der Waals surface area contributed by atoms with E-state index in [1.165, 1.54) is 6.20 Å². The zero-order chi connectivity index (χ0) is 10.8. The fraction of sp³-hybridized carbons (Fsp3) is 0.364. The Morgan fingerprint density at radius 1 is 1.60 bits per heavy atom. The predicted octanol–water partition coefficient (Wildman–Crippen LogP) is 0.743. The predicted molar refractivity (Wildman–Crippen MR) is 54.3 cm³/mol. The molecular formula is C11H12N2O2. The topological polar surface area (TPSA) is 50.3 Å². The monoisotopic (exact) mass is 204 g/mol. The van der Waals surface area contributed by atoms with E-state index in [1.54, 1.807) is 30.3 Å². The van der Waals surface area contributed by atoms with Gasteiger partial charge in [-0.05, 0) is 18.6 Å². The molecule has 1 atom stereocenters. The van der Waals surface area contributed by atoms with Gasteiger partial charge < -0.3 is 4.90 Å². The highest BCUT2D eigenvalue weighted by Gasteiger charge is 2.35. The maximum absolute atomic E-state index is 11.9. The van der Waals surface area contributed by atoms with Crippen LogP contribution in [0.25, 0.3) is 0 Å². The van der Waals surface area contributed by atoms with Gasteiger partial charge in [0.15, 0.2) is 5.78 Å². The van der Waals surface area contributed by atoms with Crippen LogP contribution in [0.4, 0.5) is 0 Å². The SMILES string of the molecule is CN1CC[C@@H](C(=O)c2cccnc2)C1=O. The van der Waals surface area contributed by atoms with E-state index in [-0.39, 0.29) is 11.7 Å². The maximum atomic E-state index is 11.9. The molecule has 4 heteroatoms. The molecule has 1 amide bonds. The van der Waals surface area contributed by atoms with Gasteiger partial charge in [0, 0.05) is 31.5 Å². The first kappa shape index (κ1) is 9.83. The number of hydrogen-bond acceptors (Lipinski definition) is 3. The second-order valence-corrected chi connectivity index (χ2v) is 3.71. The molecule has 4 nitrogen and oxygen atoms in total. The van der Waals surface area contributed by atoms with E-state index >= 15 is 0 Å². The lowest BCUT2D eigenvalue weighted by molar-refractivity contribution is -0.128. The molecule has 78 valence electrons. The minimum Gasteiger partial charge on any atom is -0.345 e. The summed E-state index contributed by atoms with van der Waals surface area (Å²) in [5.41, 5.74) is 0.520. The molecule has 0 bridgehead atoms. The van der Waals surface area contributed by atoms with Crippen molar-refractivity contribution in [2.45, 2.75) is 6.42 Å². The summed E-state index contributed by atoms with van der Waals surface area (Å²) in [6.07, 6.45) is 3.73. The van der Waals surface area contributed by atoms with E-state index < -0.39 is 5.92 Å². The fourth-order valence-electron chi connectivity index (χ4n) is 1.78. The number of likely N-dealkylation sites (tertiary alicyclic amines) is 1. The van der Waals surface area contributed by atoms with Crippen LogP contribution < -0.4 is 0 Å². The number of carbonyl (C=O) groups is 2. The summed E-state index contributed by atoms with van der Waals surface area (Å²) in [5.74, 6) is -0.694. The molecule has 0 aromatic carbocycles. The van der Waals surface area contributed by atoms with Crippen molar-refractivity contribution in [1.29, 1.82) is 0 Å². The molecule has 1 aromatic rings. The minimum atomic E-state index is -0.501. The van der Waals surface area contributed by atoms with Crippen LogP contribution >= 0.6 is 0 Å². The number of aromatic nitrogens is 1. The largest absolute Gasteiger partial charge is 0.345 e. The van der Waals surface area contributed by atoms with Crippen LogP contribution in [0.2, 0.25) is 0 Å². The number of carbonyl (C=O) groups excluding carboxylic acids is 2. The molecule has 0 radical (unpaired) electrons. The Balaban J connectivity index is 2.20. The maximum Gasteiger partial charge on any atom is 0.233 e. The average Bonchev–Trinajstić information content (AvgIpc) is 2.60. The van der Waals surface area contributed by atoms with Crippen LogP contribution in [0, 0.1) is 5.92 Å². The van der Waals surface area contributed by atoms with Crippen molar-refractivity contribution in [2.75, 3.05) is 13.6 Å². The smallest absolute Gasteiger partial charge is 0.233 e. The van der Waals surface area contributed by atoms with Gasteiger partial charge in [-0.25, -0.2) is 0 Å². The zero-order valence-corrected chi connectivity index (χ0v) is 8.51. The summed E-state index contributed by atoms with van der Waals surface area (Å²) < 4.78 is 0. The molecule has 0 aliphatic carbocycles. The molecule has 2 rings (SSSR count). The normalized spacial score (nSPS) is 20.7. The van der Waals surface area contributed by atoms with E-state index in [1.807, 2.05) is 0 Å². The molecule has 0 N–H and O–H groups in total. The van der Waals surface area contributed by atoms with Crippen LogP contribution in [0.1, 0.15) is 16.8 Å². The van der Waals surface area contributed by atoms with Crippen LogP contribution in [-0.2, 0) is 4.79 Å². The van der Waals surface area contributed by atoms with Gasteiger partial charge in [0.25, 0.3) is 0 Å². The molecule has 15 heavy (non-hydrogen) atoms. The van der Waals surface area contributed by atoms with Crippen molar-refractivity contribution in [3.63, 3.8) is 0 Å². The van der Waals surface area contributed by atoms with E-state index in [4.69, 9.17) is 0 Å². The summed E-state index contributed by atoms with van der Waals surface area (Å²) in [6.45, 7) is 0.662. The summed E-state index contributed by atoms with van der Waals surface area (Å²) in [5, 5.41) is 0. The Morgan fingerprint density at radius 3 is 2.93 bits per heavy atom. The van der Waals surface area contributed by atoms with Gasteiger partial charge in [-0.3, -0.25) is 14.6 Å². The van der Waals surface area contributed by atoms with Crippen LogP contribution in [-0.4, -0.2) is 35.2 Å². The Kier molecular flexibility index (Phi) is 2.49. The molecule has 1 aliphatic rings. The summed E-state index contributed by atoms with van der Waals surface area (Å²) >= 11 is 0. The Bertz CT molecular complexity index is 389. The summed E-state index contributed by atoms with van der Waals surface area (Å²) in [6, 6.07) is 3.40. The molecule has 1 saturated heterocycles. The number of ketones is 1. The van der Waals surface area contributed by atoms with E-state index in [0.29, 0.717) is 18.5 Å². The summed E-state index contributed by atoms with van der Waals surface area (Å²) in [7, 11) is 1.72. The van der Waals surface area contributed by atoms with Gasteiger partial charge in [-0.15, -0.1) is 0 Å². The number of rotatable bonds is 2. The van der Waals surface area contributed by atoms with Gasteiger partial charge in [0.2, 0.25) is 5.91 Å². The highest BCUT2D eigenvalue weighted by atomic mass is 16.2.